The van der Waals surface area contributed by atoms with Gasteiger partial charge in [-0.2, -0.15) is 0 Å². The molecule has 0 unspecified atom stereocenters. The zero-order chi connectivity index (χ0) is 13.2. The van der Waals surface area contributed by atoms with Crippen LogP contribution in [0.25, 0.3) is 0 Å². The lowest BCUT2D eigenvalue weighted by atomic mass is 10.2. The van der Waals surface area contributed by atoms with E-state index in [-0.39, 0.29) is 18.9 Å². The molecule has 0 N–H and O–H groups in total. The first-order valence-corrected chi connectivity index (χ1v) is 5.80. The number of rotatable bonds is 2. The third-order valence-corrected chi connectivity index (χ3v) is 2.56. The smallest absolute Gasteiger partial charge is 0.410 e. The largest absolute Gasteiger partial charge is 0.444 e. The van der Waals surface area contributed by atoms with E-state index in [9.17, 15) is 14.4 Å². The van der Waals surface area contributed by atoms with Gasteiger partial charge < -0.3 is 9.64 Å². The monoisotopic (exact) mass is 241 g/mol. The molecule has 1 rings (SSSR count). The molecule has 17 heavy (non-hydrogen) atoms. The van der Waals surface area contributed by atoms with Gasteiger partial charge in [-0.05, 0) is 27.7 Å². The normalized spacial score (nSPS) is 17.4. The molecule has 0 saturated heterocycles. The van der Waals surface area contributed by atoms with E-state index in [0.29, 0.717) is 6.54 Å². The lowest BCUT2D eigenvalue weighted by Crippen LogP contribution is -2.42. The van der Waals surface area contributed by atoms with E-state index in [1.807, 2.05) is 0 Å². The zero-order valence-corrected chi connectivity index (χ0v) is 10.8. The molecule has 5 heteroatoms. The first kappa shape index (κ1) is 13.7. The average Bonchev–Trinajstić information content (AvgIpc) is 2.44. The van der Waals surface area contributed by atoms with Crippen molar-refractivity contribution in [3.8, 4) is 0 Å². The van der Waals surface area contributed by atoms with Crippen LogP contribution in [-0.2, 0) is 14.3 Å². The topological polar surface area (TPSA) is 63.7 Å². The van der Waals surface area contributed by atoms with Crippen molar-refractivity contribution in [3.05, 3.63) is 0 Å². The summed E-state index contributed by atoms with van der Waals surface area (Å²) in [4.78, 5) is 35.7. The molecule has 1 aliphatic rings. The molecule has 0 aromatic rings. The molecule has 1 amide bonds. The Labute approximate surface area is 101 Å². The summed E-state index contributed by atoms with van der Waals surface area (Å²) >= 11 is 0. The van der Waals surface area contributed by atoms with Crippen LogP contribution in [0, 0.1) is 0 Å². The molecule has 0 bridgehead atoms. The first-order chi connectivity index (χ1) is 7.74. The van der Waals surface area contributed by atoms with E-state index in [0.717, 1.165) is 0 Å². The highest BCUT2D eigenvalue weighted by atomic mass is 16.6. The van der Waals surface area contributed by atoms with E-state index in [2.05, 4.69) is 0 Å². The predicted octanol–water partition coefficient (Wildman–Crippen LogP) is 1.54. The Kier molecular flexibility index (Phi) is 3.91. The van der Waals surface area contributed by atoms with E-state index >= 15 is 0 Å². The van der Waals surface area contributed by atoms with Gasteiger partial charge in [0, 0.05) is 25.4 Å². The quantitative estimate of drug-likeness (QED) is 0.688. The molecule has 0 aromatic heterocycles. The van der Waals surface area contributed by atoms with Crippen molar-refractivity contribution in [2.45, 2.75) is 52.2 Å². The average molecular weight is 241 g/mol. The van der Waals surface area contributed by atoms with Gasteiger partial charge in [0.2, 0.25) is 11.6 Å². The maximum atomic E-state index is 11.9. The molecule has 96 valence electrons. The van der Waals surface area contributed by atoms with Gasteiger partial charge in [-0.3, -0.25) is 9.59 Å². The number of amides is 1. The molecule has 1 aliphatic carbocycles. The van der Waals surface area contributed by atoms with Crippen molar-refractivity contribution in [3.63, 3.8) is 0 Å². The van der Waals surface area contributed by atoms with Crippen molar-refractivity contribution in [2.75, 3.05) is 6.54 Å². The lowest BCUT2D eigenvalue weighted by molar-refractivity contribution is -0.134. The third kappa shape index (κ3) is 3.54. The van der Waals surface area contributed by atoms with Crippen molar-refractivity contribution < 1.29 is 19.1 Å². The SMILES string of the molecule is CCN(C(=O)OC(C)(C)C)C1CC(=O)C(=O)C1. The molecule has 0 radical (unpaired) electrons. The lowest BCUT2D eigenvalue weighted by Gasteiger charge is -2.29. The van der Waals surface area contributed by atoms with Crippen LogP contribution in [0.4, 0.5) is 4.79 Å². The maximum Gasteiger partial charge on any atom is 0.410 e. The van der Waals surface area contributed by atoms with Gasteiger partial charge in [0.05, 0.1) is 0 Å². The highest BCUT2D eigenvalue weighted by Crippen LogP contribution is 2.20. The Balaban J connectivity index is 2.69. The summed E-state index contributed by atoms with van der Waals surface area (Å²) in [6.07, 6.45) is -0.231. The molecule has 0 spiro atoms. The second-order valence-electron chi connectivity index (χ2n) is 5.17. The van der Waals surface area contributed by atoms with E-state index in [1.165, 1.54) is 4.90 Å². The molecule has 0 atom stereocenters. The molecule has 1 saturated carbocycles. The number of hydrogen-bond acceptors (Lipinski definition) is 4. The molecule has 0 heterocycles. The van der Waals surface area contributed by atoms with Crippen LogP contribution in [0.2, 0.25) is 0 Å². The summed E-state index contributed by atoms with van der Waals surface area (Å²) in [7, 11) is 0. The summed E-state index contributed by atoms with van der Waals surface area (Å²) < 4.78 is 5.24. The van der Waals surface area contributed by atoms with Gasteiger partial charge in [-0.1, -0.05) is 0 Å². The zero-order valence-electron chi connectivity index (χ0n) is 10.8. The van der Waals surface area contributed by atoms with Crippen LogP contribution in [0.15, 0.2) is 0 Å². The Morgan fingerprint density at radius 3 is 2.12 bits per heavy atom. The van der Waals surface area contributed by atoms with Crippen LogP contribution < -0.4 is 0 Å². The summed E-state index contributed by atoms with van der Waals surface area (Å²) in [5, 5.41) is 0. The van der Waals surface area contributed by atoms with Gasteiger partial charge in [-0.25, -0.2) is 4.79 Å². The van der Waals surface area contributed by atoms with Gasteiger partial charge in [0.15, 0.2) is 0 Å². The fourth-order valence-corrected chi connectivity index (χ4v) is 1.81. The Hall–Kier alpha value is -1.39. The highest BCUT2D eigenvalue weighted by Gasteiger charge is 2.37. The number of ketones is 2. The maximum absolute atomic E-state index is 11.9. The minimum Gasteiger partial charge on any atom is -0.444 e. The van der Waals surface area contributed by atoms with Crippen LogP contribution >= 0.6 is 0 Å². The molecule has 5 nitrogen and oxygen atoms in total. The van der Waals surface area contributed by atoms with Crippen molar-refractivity contribution in [1.29, 1.82) is 0 Å². The Morgan fingerprint density at radius 1 is 1.29 bits per heavy atom. The van der Waals surface area contributed by atoms with E-state index < -0.39 is 23.3 Å². The second-order valence-corrected chi connectivity index (χ2v) is 5.17. The van der Waals surface area contributed by atoms with Gasteiger partial charge in [0.25, 0.3) is 0 Å². The van der Waals surface area contributed by atoms with E-state index in [1.54, 1.807) is 27.7 Å². The number of Topliss-reactive ketones (excluding diaryl/α,β-unsaturated/α-hetero) is 2. The van der Waals surface area contributed by atoms with Crippen molar-refractivity contribution in [2.24, 2.45) is 0 Å². The van der Waals surface area contributed by atoms with E-state index in [4.69, 9.17) is 4.74 Å². The van der Waals surface area contributed by atoms with Crippen LogP contribution in [0.3, 0.4) is 0 Å². The number of hydrogen-bond donors (Lipinski definition) is 0. The third-order valence-electron chi connectivity index (χ3n) is 2.56. The molecular weight excluding hydrogens is 222 g/mol. The van der Waals surface area contributed by atoms with Crippen molar-refractivity contribution in [1.82, 2.24) is 4.90 Å². The van der Waals surface area contributed by atoms with Gasteiger partial charge >= 0.3 is 6.09 Å². The van der Waals surface area contributed by atoms with Gasteiger partial charge in [0.1, 0.15) is 5.60 Å². The predicted molar refractivity (Wildman–Crippen MR) is 61.7 cm³/mol. The minimum atomic E-state index is -0.572. The molecule has 0 aromatic carbocycles. The van der Waals surface area contributed by atoms with Gasteiger partial charge in [-0.15, -0.1) is 0 Å². The molecule has 0 aliphatic heterocycles. The molecular formula is C12H19NO4. The summed E-state index contributed by atoms with van der Waals surface area (Å²) in [5.41, 5.74) is -0.572. The van der Waals surface area contributed by atoms with Crippen molar-refractivity contribution >= 4 is 17.7 Å². The van der Waals surface area contributed by atoms with Crippen LogP contribution in [0.5, 0.6) is 0 Å². The minimum absolute atomic E-state index is 0.117. The van der Waals surface area contributed by atoms with Crippen LogP contribution in [0.1, 0.15) is 40.5 Å². The highest BCUT2D eigenvalue weighted by molar-refractivity contribution is 6.39. The number of nitrogens with zero attached hydrogens (tertiary/aromatic N) is 1. The second kappa shape index (κ2) is 4.85. The standard InChI is InChI=1S/C12H19NO4/c1-5-13(11(16)17-12(2,3)4)8-6-9(14)10(15)7-8/h8H,5-7H2,1-4H3. The number of carbonyl (C=O) groups excluding carboxylic acids is 3. The summed E-state index contributed by atoms with van der Waals surface area (Å²) in [5.74, 6) is -0.783. The number of carbonyl (C=O) groups is 3. The number of ether oxygens (including phenoxy) is 1. The van der Waals surface area contributed by atoms with Crippen LogP contribution in [-0.4, -0.2) is 40.7 Å². The fourth-order valence-electron chi connectivity index (χ4n) is 1.81. The molecule has 1 fully saturated rings. The fraction of sp³-hybridized carbons (Fsp3) is 0.750. The first-order valence-electron chi connectivity index (χ1n) is 5.80. The Bertz CT molecular complexity index is 327. The summed E-state index contributed by atoms with van der Waals surface area (Å²) in [6.45, 7) is 7.58. The summed E-state index contributed by atoms with van der Waals surface area (Å²) in [6, 6.07) is -0.338. The Morgan fingerprint density at radius 2 is 1.76 bits per heavy atom.